The van der Waals surface area contributed by atoms with Crippen molar-refractivity contribution in [2.75, 3.05) is 33.0 Å². The van der Waals surface area contributed by atoms with Crippen LogP contribution in [-0.4, -0.2) is 70.6 Å². The lowest BCUT2D eigenvalue weighted by Gasteiger charge is -2.40. The predicted molar refractivity (Wildman–Crippen MR) is 133 cm³/mol. The van der Waals surface area contributed by atoms with E-state index in [1.807, 2.05) is 30.1 Å². The number of rotatable bonds is 9. The molecular weight excluding hydrogens is 464 g/mol. The fourth-order valence-corrected chi connectivity index (χ4v) is 5.20. The number of benzene rings is 1. The van der Waals surface area contributed by atoms with E-state index < -0.39 is 0 Å². The van der Waals surface area contributed by atoms with Crippen LogP contribution in [0.2, 0.25) is 0 Å². The van der Waals surface area contributed by atoms with E-state index in [4.69, 9.17) is 9.15 Å². The molecule has 3 aromatic rings. The molecule has 1 fully saturated rings. The first kappa shape index (κ1) is 24.8. The number of amides is 2. The van der Waals surface area contributed by atoms with Gasteiger partial charge >= 0.3 is 0 Å². The Morgan fingerprint density at radius 2 is 1.94 bits per heavy atom. The predicted octanol–water partition coefficient (Wildman–Crippen LogP) is 3.79. The molecule has 4 rings (SSSR count). The lowest BCUT2D eigenvalue weighted by molar-refractivity contribution is -0.130. The van der Waals surface area contributed by atoms with Crippen LogP contribution in [0.5, 0.6) is 5.75 Å². The molecular formula is C26H30N4O4S. The Labute approximate surface area is 209 Å². The molecule has 1 saturated heterocycles. The first-order valence-corrected chi connectivity index (χ1v) is 12.6. The van der Waals surface area contributed by atoms with Crippen LogP contribution in [0.3, 0.4) is 0 Å². The van der Waals surface area contributed by atoms with Crippen molar-refractivity contribution in [3.8, 4) is 5.75 Å². The van der Waals surface area contributed by atoms with Crippen LogP contribution in [0, 0.1) is 5.92 Å². The number of aromatic nitrogens is 2. The SMILES string of the molecule is COc1cccc(C[C@@H](C2CCN(C(=O)CSc3ncccn3)CC2)N(C)C(=O)c2ccco2)c1. The Hall–Kier alpha value is -3.33. The van der Waals surface area contributed by atoms with Gasteiger partial charge in [-0.3, -0.25) is 9.59 Å². The molecule has 1 atom stereocenters. The maximum absolute atomic E-state index is 13.1. The molecule has 8 nitrogen and oxygen atoms in total. The quantitative estimate of drug-likeness (QED) is 0.330. The van der Waals surface area contributed by atoms with Gasteiger partial charge in [0.2, 0.25) is 5.91 Å². The number of likely N-dealkylation sites (N-methyl/N-ethyl adjacent to an activating group) is 1. The van der Waals surface area contributed by atoms with E-state index in [2.05, 4.69) is 16.0 Å². The van der Waals surface area contributed by atoms with Crippen LogP contribution in [0.1, 0.15) is 29.0 Å². The van der Waals surface area contributed by atoms with Crippen LogP contribution in [-0.2, 0) is 11.2 Å². The number of piperidine rings is 1. The lowest BCUT2D eigenvalue weighted by Crippen LogP contribution is -2.48. The Kier molecular flexibility index (Phi) is 8.41. The van der Waals surface area contributed by atoms with Gasteiger partial charge in [0.25, 0.3) is 5.91 Å². The number of methoxy groups -OCH3 is 1. The minimum atomic E-state index is -0.138. The normalized spacial score (nSPS) is 15.0. The van der Waals surface area contributed by atoms with Crippen LogP contribution in [0.15, 0.2) is 70.7 Å². The van der Waals surface area contributed by atoms with Gasteiger partial charge in [0, 0.05) is 38.6 Å². The van der Waals surface area contributed by atoms with Crippen molar-refractivity contribution in [1.29, 1.82) is 0 Å². The molecule has 0 unspecified atom stereocenters. The third-order valence-electron chi connectivity index (χ3n) is 6.43. The second-order valence-electron chi connectivity index (χ2n) is 8.55. The zero-order valence-electron chi connectivity index (χ0n) is 20.0. The number of ether oxygens (including phenoxy) is 1. The number of hydrogen-bond donors (Lipinski definition) is 0. The zero-order chi connectivity index (χ0) is 24.6. The van der Waals surface area contributed by atoms with Gasteiger partial charge in [0.05, 0.1) is 19.1 Å². The van der Waals surface area contributed by atoms with E-state index in [1.165, 1.54) is 18.0 Å². The minimum absolute atomic E-state index is 0.0379. The van der Waals surface area contributed by atoms with Crippen LogP contribution >= 0.6 is 11.8 Å². The summed E-state index contributed by atoms with van der Waals surface area (Å²) in [6, 6.07) is 13.1. The van der Waals surface area contributed by atoms with E-state index in [0.29, 0.717) is 36.2 Å². The summed E-state index contributed by atoms with van der Waals surface area (Å²) in [5.41, 5.74) is 1.10. The number of thioether (sulfide) groups is 1. The van der Waals surface area contributed by atoms with Gasteiger partial charge < -0.3 is 19.0 Å². The average Bonchev–Trinajstić information content (AvgIpc) is 3.45. The van der Waals surface area contributed by atoms with Crippen LogP contribution in [0.25, 0.3) is 0 Å². The van der Waals surface area contributed by atoms with Gasteiger partial charge in [-0.1, -0.05) is 23.9 Å². The molecule has 1 aromatic carbocycles. The summed E-state index contributed by atoms with van der Waals surface area (Å²) in [5.74, 6) is 1.64. The molecule has 0 radical (unpaired) electrons. The summed E-state index contributed by atoms with van der Waals surface area (Å²) in [7, 11) is 3.49. The van der Waals surface area contributed by atoms with Crippen molar-refractivity contribution < 1.29 is 18.7 Å². The van der Waals surface area contributed by atoms with Crippen LogP contribution < -0.4 is 4.74 Å². The van der Waals surface area contributed by atoms with Gasteiger partial charge in [0.15, 0.2) is 10.9 Å². The van der Waals surface area contributed by atoms with Crippen molar-refractivity contribution in [2.45, 2.75) is 30.5 Å². The molecule has 3 heterocycles. The van der Waals surface area contributed by atoms with E-state index in [1.54, 1.807) is 42.6 Å². The number of nitrogens with zero attached hydrogens (tertiary/aromatic N) is 4. The summed E-state index contributed by atoms with van der Waals surface area (Å²) in [6.07, 6.45) is 7.20. The summed E-state index contributed by atoms with van der Waals surface area (Å²) >= 11 is 1.35. The highest BCUT2D eigenvalue weighted by Gasteiger charge is 2.33. The average molecular weight is 495 g/mol. The third-order valence-corrected chi connectivity index (χ3v) is 7.29. The second-order valence-corrected chi connectivity index (χ2v) is 9.50. The molecule has 1 aliphatic rings. The molecule has 0 bridgehead atoms. The monoisotopic (exact) mass is 494 g/mol. The molecule has 35 heavy (non-hydrogen) atoms. The standard InChI is InChI=1S/C26H30N4O4S/c1-29(25(32)23-8-4-15-34-23)22(17-19-6-3-7-21(16-19)33-2)20-9-13-30(14-10-20)24(31)18-35-26-27-11-5-12-28-26/h3-8,11-12,15-16,20,22H,9-10,13-14,17-18H2,1-2H3/t22-/m0/s1. The van der Waals surface area contributed by atoms with E-state index >= 15 is 0 Å². The molecule has 0 saturated carbocycles. The maximum Gasteiger partial charge on any atom is 0.289 e. The highest BCUT2D eigenvalue weighted by molar-refractivity contribution is 7.99. The summed E-state index contributed by atoms with van der Waals surface area (Å²) in [5, 5.41) is 0.604. The Morgan fingerprint density at radius 3 is 2.63 bits per heavy atom. The van der Waals surface area contributed by atoms with E-state index in [-0.39, 0.29) is 23.8 Å². The molecule has 184 valence electrons. The van der Waals surface area contributed by atoms with Crippen molar-refractivity contribution in [2.24, 2.45) is 5.92 Å². The molecule has 9 heteroatoms. The van der Waals surface area contributed by atoms with Crippen LogP contribution in [0.4, 0.5) is 0 Å². The van der Waals surface area contributed by atoms with Gasteiger partial charge in [0.1, 0.15) is 5.75 Å². The summed E-state index contributed by atoms with van der Waals surface area (Å²) < 4.78 is 10.8. The van der Waals surface area contributed by atoms with E-state index in [9.17, 15) is 9.59 Å². The summed E-state index contributed by atoms with van der Waals surface area (Å²) in [6.45, 7) is 1.33. The van der Waals surface area contributed by atoms with Crippen molar-refractivity contribution in [3.05, 3.63) is 72.4 Å². The molecule has 0 aliphatic carbocycles. The Morgan fingerprint density at radius 1 is 1.17 bits per heavy atom. The zero-order valence-corrected chi connectivity index (χ0v) is 20.8. The molecule has 0 spiro atoms. The van der Waals surface area contributed by atoms with Crippen molar-refractivity contribution in [3.63, 3.8) is 0 Å². The number of furan rings is 1. The highest BCUT2D eigenvalue weighted by atomic mass is 32.2. The topological polar surface area (TPSA) is 88.8 Å². The van der Waals surface area contributed by atoms with Gasteiger partial charge in [-0.15, -0.1) is 0 Å². The lowest BCUT2D eigenvalue weighted by atomic mass is 9.84. The maximum atomic E-state index is 13.1. The molecule has 2 amide bonds. The van der Waals surface area contributed by atoms with Gasteiger partial charge in [-0.25, -0.2) is 9.97 Å². The summed E-state index contributed by atoms with van der Waals surface area (Å²) in [4.78, 5) is 37.9. The number of carbonyl (C=O) groups is 2. The van der Waals surface area contributed by atoms with Gasteiger partial charge in [-0.05, 0) is 61.1 Å². The largest absolute Gasteiger partial charge is 0.497 e. The second kappa shape index (κ2) is 11.9. The molecule has 1 aliphatic heterocycles. The first-order valence-electron chi connectivity index (χ1n) is 11.7. The van der Waals surface area contributed by atoms with Gasteiger partial charge in [-0.2, -0.15) is 0 Å². The fraction of sp³-hybridized carbons (Fsp3) is 0.385. The fourth-order valence-electron chi connectivity index (χ4n) is 4.50. The Bertz CT molecular complexity index is 1100. The number of hydrogen-bond acceptors (Lipinski definition) is 7. The minimum Gasteiger partial charge on any atom is -0.497 e. The van der Waals surface area contributed by atoms with E-state index in [0.717, 1.165) is 24.2 Å². The van der Waals surface area contributed by atoms with Crippen molar-refractivity contribution >= 4 is 23.6 Å². The number of likely N-dealkylation sites (tertiary alicyclic amines) is 1. The highest BCUT2D eigenvalue weighted by Crippen LogP contribution is 2.29. The molecule has 2 aromatic heterocycles. The Balaban J connectivity index is 1.42. The third kappa shape index (κ3) is 6.42. The first-order chi connectivity index (χ1) is 17.0. The smallest absolute Gasteiger partial charge is 0.289 e. The molecule has 0 N–H and O–H groups in total. The number of carbonyl (C=O) groups excluding carboxylic acids is 2. The van der Waals surface area contributed by atoms with Crippen molar-refractivity contribution in [1.82, 2.24) is 19.8 Å².